The monoisotopic (exact) mass is 494 g/mol. The molecule has 0 fully saturated rings. The van der Waals surface area contributed by atoms with E-state index >= 15 is 0 Å². The van der Waals surface area contributed by atoms with Crippen LogP contribution in [-0.2, 0) is 10.3 Å². The number of hydrogen-bond acceptors (Lipinski definition) is 5. The van der Waals surface area contributed by atoms with Crippen LogP contribution in [0.5, 0.6) is 0 Å². The first kappa shape index (κ1) is 25.5. The van der Waals surface area contributed by atoms with Crippen molar-refractivity contribution in [3.05, 3.63) is 99.2 Å². The number of benzene rings is 1. The number of aromatic amines is 1. The van der Waals surface area contributed by atoms with Gasteiger partial charge in [0.2, 0.25) is 11.5 Å². The molecule has 12 heteroatoms. The van der Waals surface area contributed by atoms with E-state index in [9.17, 15) is 26.7 Å². The molecule has 3 heterocycles. The van der Waals surface area contributed by atoms with Crippen molar-refractivity contribution in [2.24, 2.45) is 4.99 Å². The van der Waals surface area contributed by atoms with Crippen LogP contribution in [0.1, 0.15) is 29.2 Å². The molecule has 0 saturated carbocycles. The number of carbonyl (C=O) groups is 1. The van der Waals surface area contributed by atoms with Gasteiger partial charge in [-0.2, -0.15) is 17.6 Å². The minimum absolute atomic E-state index is 0.194. The largest absolute Gasteiger partial charge is 0.490 e. The number of nitrogens with one attached hydrogen (secondary N) is 2. The fourth-order valence-corrected chi connectivity index (χ4v) is 3.69. The molecule has 184 valence electrons. The molecule has 2 atom stereocenters. The van der Waals surface area contributed by atoms with Crippen molar-refractivity contribution in [2.75, 3.05) is 0 Å². The molecular formula is C23H19F5N4O3. The zero-order chi connectivity index (χ0) is 26.0. The highest BCUT2D eigenvalue weighted by Gasteiger charge is 2.45. The van der Waals surface area contributed by atoms with E-state index in [1.807, 2.05) is 13.8 Å². The van der Waals surface area contributed by atoms with Gasteiger partial charge in [-0.25, -0.2) is 14.2 Å². The standard InChI is InChI=1S/C21H18F2N4O.C2HF3O2/c1-12-9-19(28)25-11-17(12)20-26-13(2)21(27-20,14-3-6-16(22)7-4-14)15-5-8-18(23)24-10-15;3-2(4,5)1(6)7/h3-11,13H,1-2H3,(H,25,28)(H,26,27);(H,6,7)/t13-,21-;/m0./s1. The maximum absolute atomic E-state index is 13.5. The van der Waals surface area contributed by atoms with Crippen LogP contribution in [-0.4, -0.2) is 39.1 Å². The van der Waals surface area contributed by atoms with E-state index < -0.39 is 23.6 Å². The van der Waals surface area contributed by atoms with E-state index in [1.165, 1.54) is 30.5 Å². The Hall–Kier alpha value is -4.09. The molecule has 4 rings (SSSR count). The molecule has 0 saturated heterocycles. The number of H-pyrrole nitrogens is 1. The molecular weight excluding hydrogens is 475 g/mol. The second-order valence-electron chi connectivity index (χ2n) is 7.66. The summed E-state index contributed by atoms with van der Waals surface area (Å²) in [4.78, 5) is 31.7. The molecule has 0 unspecified atom stereocenters. The Bertz CT molecular complexity index is 1260. The lowest BCUT2D eigenvalue weighted by Gasteiger charge is -2.34. The van der Waals surface area contributed by atoms with E-state index in [-0.39, 0.29) is 17.4 Å². The fourth-order valence-electron chi connectivity index (χ4n) is 3.69. The zero-order valence-electron chi connectivity index (χ0n) is 18.3. The van der Waals surface area contributed by atoms with Gasteiger partial charge in [-0.3, -0.25) is 9.79 Å². The van der Waals surface area contributed by atoms with Gasteiger partial charge in [0.1, 0.15) is 17.2 Å². The topological polar surface area (TPSA) is 107 Å². The van der Waals surface area contributed by atoms with Gasteiger partial charge in [-0.15, -0.1) is 0 Å². The lowest BCUT2D eigenvalue weighted by Crippen LogP contribution is -2.48. The van der Waals surface area contributed by atoms with Gasteiger partial charge < -0.3 is 15.4 Å². The van der Waals surface area contributed by atoms with E-state index in [0.29, 0.717) is 11.4 Å². The third kappa shape index (κ3) is 5.36. The first-order valence-electron chi connectivity index (χ1n) is 10.1. The lowest BCUT2D eigenvalue weighted by molar-refractivity contribution is -0.192. The van der Waals surface area contributed by atoms with Crippen molar-refractivity contribution in [1.29, 1.82) is 0 Å². The summed E-state index contributed by atoms with van der Waals surface area (Å²) < 4.78 is 58.7. The number of nitrogens with zero attached hydrogens (tertiary/aromatic N) is 2. The third-order valence-corrected chi connectivity index (χ3v) is 5.38. The molecule has 35 heavy (non-hydrogen) atoms. The Balaban J connectivity index is 0.000000429. The lowest BCUT2D eigenvalue weighted by atomic mass is 9.79. The first-order valence-corrected chi connectivity index (χ1v) is 10.1. The van der Waals surface area contributed by atoms with E-state index in [0.717, 1.165) is 16.7 Å². The first-order chi connectivity index (χ1) is 16.3. The molecule has 0 amide bonds. The number of aromatic nitrogens is 2. The van der Waals surface area contributed by atoms with Crippen LogP contribution < -0.4 is 10.9 Å². The summed E-state index contributed by atoms with van der Waals surface area (Å²) in [6.07, 6.45) is -2.01. The molecule has 0 radical (unpaired) electrons. The minimum atomic E-state index is -5.08. The van der Waals surface area contributed by atoms with Gasteiger partial charge in [0.25, 0.3) is 0 Å². The van der Waals surface area contributed by atoms with Crippen LogP contribution in [0.4, 0.5) is 22.0 Å². The number of pyridine rings is 2. The molecule has 1 aromatic carbocycles. The van der Waals surface area contributed by atoms with E-state index in [4.69, 9.17) is 14.9 Å². The predicted octanol–water partition coefficient (Wildman–Crippen LogP) is 3.67. The van der Waals surface area contributed by atoms with Gasteiger partial charge >= 0.3 is 12.1 Å². The number of aryl methyl sites for hydroxylation is 1. The molecule has 3 N–H and O–H groups in total. The molecule has 3 aromatic rings. The Morgan fingerprint density at radius 3 is 2.20 bits per heavy atom. The molecule has 0 bridgehead atoms. The van der Waals surface area contributed by atoms with Gasteiger partial charge in [0.05, 0.1) is 6.04 Å². The van der Waals surface area contributed by atoms with Gasteiger partial charge in [0, 0.05) is 29.6 Å². The third-order valence-electron chi connectivity index (χ3n) is 5.38. The smallest absolute Gasteiger partial charge is 0.475 e. The number of amidine groups is 1. The van der Waals surface area contributed by atoms with Crippen LogP contribution in [0.15, 0.2) is 64.6 Å². The van der Waals surface area contributed by atoms with E-state index in [2.05, 4.69) is 15.3 Å². The summed E-state index contributed by atoms with van der Waals surface area (Å²) in [5.74, 6) is -3.09. The Morgan fingerprint density at radius 1 is 1.09 bits per heavy atom. The quantitative estimate of drug-likeness (QED) is 0.381. The number of alkyl halides is 3. The minimum Gasteiger partial charge on any atom is -0.475 e. The Morgan fingerprint density at radius 2 is 1.69 bits per heavy atom. The maximum Gasteiger partial charge on any atom is 0.490 e. The molecule has 1 aliphatic rings. The van der Waals surface area contributed by atoms with Gasteiger partial charge in [-0.1, -0.05) is 18.2 Å². The van der Waals surface area contributed by atoms with Crippen molar-refractivity contribution in [1.82, 2.24) is 15.3 Å². The summed E-state index contributed by atoms with van der Waals surface area (Å²) >= 11 is 0. The van der Waals surface area contributed by atoms with Crippen LogP contribution in [0.3, 0.4) is 0 Å². The van der Waals surface area contributed by atoms with Crippen LogP contribution in [0.2, 0.25) is 0 Å². The fraction of sp³-hybridized carbons (Fsp3) is 0.217. The van der Waals surface area contributed by atoms with Crippen LogP contribution >= 0.6 is 0 Å². The van der Waals surface area contributed by atoms with Crippen LogP contribution in [0.25, 0.3) is 0 Å². The summed E-state index contributed by atoms with van der Waals surface area (Å²) in [5, 5.41) is 10.6. The van der Waals surface area contributed by atoms with Crippen molar-refractivity contribution in [2.45, 2.75) is 31.6 Å². The highest BCUT2D eigenvalue weighted by molar-refractivity contribution is 6.02. The molecule has 0 spiro atoms. The van der Waals surface area contributed by atoms with Crippen molar-refractivity contribution < 1.29 is 31.9 Å². The van der Waals surface area contributed by atoms with E-state index in [1.54, 1.807) is 24.4 Å². The summed E-state index contributed by atoms with van der Waals surface area (Å²) in [5.41, 5.74) is 1.96. The number of aliphatic imine (C=N–C) groups is 1. The number of carboxylic acids is 1. The van der Waals surface area contributed by atoms with Crippen LogP contribution in [0, 0.1) is 18.7 Å². The van der Waals surface area contributed by atoms with Gasteiger partial charge in [-0.05, 0) is 43.2 Å². The Labute approximate surface area is 195 Å². The van der Waals surface area contributed by atoms with Crippen molar-refractivity contribution in [3.63, 3.8) is 0 Å². The van der Waals surface area contributed by atoms with Crippen molar-refractivity contribution >= 4 is 11.8 Å². The summed E-state index contributed by atoms with van der Waals surface area (Å²) in [7, 11) is 0. The second kappa shape index (κ2) is 9.65. The van der Waals surface area contributed by atoms with Crippen molar-refractivity contribution in [3.8, 4) is 0 Å². The number of aliphatic carboxylic acids is 1. The zero-order valence-corrected chi connectivity index (χ0v) is 18.3. The number of hydrogen-bond donors (Lipinski definition) is 3. The predicted molar refractivity (Wildman–Crippen MR) is 116 cm³/mol. The second-order valence-corrected chi connectivity index (χ2v) is 7.66. The number of rotatable bonds is 3. The highest BCUT2D eigenvalue weighted by atomic mass is 19.4. The Kier molecular flexibility index (Phi) is 7.04. The number of halogens is 5. The van der Waals surface area contributed by atoms with Gasteiger partial charge in [0.15, 0.2) is 0 Å². The molecule has 7 nitrogen and oxygen atoms in total. The highest BCUT2D eigenvalue weighted by Crippen LogP contribution is 2.38. The SMILES string of the molecule is Cc1cc(=O)[nH]cc1C1=N[C@@H](C)[C@](c2ccc(F)cc2)(c2ccc(F)nc2)N1.O=C(O)C(F)(F)F. The molecule has 0 aliphatic carbocycles. The average molecular weight is 494 g/mol. The summed E-state index contributed by atoms with van der Waals surface area (Å²) in [6.45, 7) is 3.75. The normalized spacial score (nSPS) is 19.3. The number of carboxylic acid groups (broad SMARTS) is 1. The maximum atomic E-state index is 13.5. The summed E-state index contributed by atoms with van der Waals surface area (Å²) in [6, 6.07) is 10.3. The molecule has 1 aliphatic heterocycles. The molecule has 2 aromatic heterocycles. The average Bonchev–Trinajstić information content (AvgIpc) is 3.12.